The van der Waals surface area contributed by atoms with Gasteiger partial charge in [0.1, 0.15) is 10.3 Å². The number of hydrogen-bond donors (Lipinski definition) is 1. The Bertz CT molecular complexity index is 625. The van der Waals surface area contributed by atoms with Crippen LogP contribution in [0.3, 0.4) is 0 Å². The molecule has 0 fully saturated rings. The largest absolute Gasteiger partial charge is 0.505 e. The number of rotatable bonds is 2. The third-order valence-electron chi connectivity index (χ3n) is 2.64. The van der Waals surface area contributed by atoms with Crippen LogP contribution in [0, 0.1) is 5.82 Å². The fourth-order valence-electron chi connectivity index (χ4n) is 1.59. The molecular weight excluding hydrogens is 303 g/mol. The first-order valence-electron chi connectivity index (χ1n) is 5.22. The van der Waals surface area contributed by atoms with E-state index in [2.05, 4.69) is 21.0 Å². The van der Waals surface area contributed by atoms with Crippen LogP contribution in [0.25, 0.3) is 0 Å². The molecule has 0 radical (unpaired) electrons. The van der Waals surface area contributed by atoms with Gasteiger partial charge in [0.05, 0.1) is 12.2 Å². The van der Waals surface area contributed by atoms with Crippen molar-refractivity contribution in [2.45, 2.75) is 13.0 Å². The molecule has 2 aromatic rings. The Kier molecular flexibility index (Phi) is 3.47. The minimum absolute atomic E-state index is 0.0615. The predicted octanol–water partition coefficient (Wildman–Crippen LogP) is 2.46. The third kappa shape index (κ3) is 2.28. The molecule has 1 aromatic heterocycles. The van der Waals surface area contributed by atoms with Gasteiger partial charge >= 0.3 is 0 Å². The van der Waals surface area contributed by atoms with Crippen molar-refractivity contribution in [3.63, 3.8) is 0 Å². The lowest BCUT2D eigenvalue weighted by Crippen LogP contribution is -2.26. The minimum Gasteiger partial charge on any atom is -0.505 e. The van der Waals surface area contributed by atoms with E-state index < -0.39 is 5.56 Å². The summed E-state index contributed by atoms with van der Waals surface area (Å²) >= 11 is 3.00. The van der Waals surface area contributed by atoms with Crippen molar-refractivity contribution in [2.75, 3.05) is 0 Å². The molecule has 0 bridgehead atoms. The second-order valence-corrected chi connectivity index (χ2v) is 4.61. The lowest BCUT2D eigenvalue weighted by Gasteiger charge is -2.14. The van der Waals surface area contributed by atoms with Crippen molar-refractivity contribution in [3.8, 4) is 5.75 Å². The molecule has 6 heteroatoms. The van der Waals surface area contributed by atoms with E-state index in [0.29, 0.717) is 0 Å². The fourth-order valence-corrected chi connectivity index (χ4v) is 1.88. The highest BCUT2D eigenvalue weighted by Gasteiger charge is 2.14. The van der Waals surface area contributed by atoms with Crippen molar-refractivity contribution < 1.29 is 9.50 Å². The number of benzene rings is 1. The molecule has 1 atom stereocenters. The number of aromatic nitrogens is 2. The van der Waals surface area contributed by atoms with E-state index in [1.807, 2.05) is 0 Å². The highest BCUT2D eigenvalue weighted by atomic mass is 79.9. The van der Waals surface area contributed by atoms with Gasteiger partial charge in [-0.2, -0.15) is 5.10 Å². The van der Waals surface area contributed by atoms with Crippen LogP contribution in [0.2, 0.25) is 0 Å². The van der Waals surface area contributed by atoms with Crippen molar-refractivity contribution >= 4 is 15.9 Å². The quantitative estimate of drug-likeness (QED) is 0.926. The molecule has 2 rings (SSSR count). The summed E-state index contributed by atoms with van der Waals surface area (Å²) in [5, 5.41) is 13.2. The molecule has 0 saturated carbocycles. The maximum absolute atomic E-state index is 12.8. The zero-order valence-corrected chi connectivity index (χ0v) is 11.1. The van der Waals surface area contributed by atoms with E-state index in [4.69, 9.17) is 0 Å². The van der Waals surface area contributed by atoms with Crippen molar-refractivity contribution in [2.24, 2.45) is 0 Å². The molecule has 0 spiro atoms. The third-order valence-corrected chi connectivity index (χ3v) is 3.39. The molecule has 0 aliphatic carbocycles. The fraction of sp³-hybridized carbons (Fsp3) is 0.167. The van der Waals surface area contributed by atoms with Gasteiger partial charge in [-0.1, -0.05) is 12.1 Å². The first kappa shape index (κ1) is 12.8. The van der Waals surface area contributed by atoms with E-state index in [1.54, 1.807) is 19.1 Å². The van der Waals surface area contributed by atoms with E-state index in [9.17, 15) is 14.3 Å². The number of hydrogen-bond acceptors (Lipinski definition) is 3. The normalized spacial score (nSPS) is 12.4. The molecule has 94 valence electrons. The van der Waals surface area contributed by atoms with E-state index in [1.165, 1.54) is 23.0 Å². The second-order valence-electron chi connectivity index (χ2n) is 3.82. The van der Waals surface area contributed by atoms with Crippen LogP contribution in [-0.4, -0.2) is 14.9 Å². The maximum Gasteiger partial charge on any atom is 0.285 e. The lowest BCUT2D eigenvalue weighted by atomic mass is 10.1. The number of nitrogens with zero attached hydrogens (tertiary/aromatic N) is 2. The Morgan fingerprint density at radius 1 is 1.39 bits per heavy atom. The van der Waals surface area contributed by atoms with Crippen LogP contribution in [0.1, 0.15) is 18.5 Å². The second kappa shape index (κ2) is 4.89. The minimum atomic E-state index is -0.438. The molecule has 1 aromatic carbocycles. The van der Waals surface area contributed by atoms with Crippen LogP contribution < -0.4 is 5.56 Å². The van der Waals surface area contributed by atoms with Crippen molar-refractivity contribution in [1.82, 2.24) is 9.78 Å². The van der Waals surface area contributed by atoms with Crippen LogP contribution in [0.5, 0.6) is 5.75 Å². The average molecular weight is 313 g/mol. The van der Waals surface area contributed by atoms with Crippen molar-refractivity contribution in [1.29, 1.82) is 0 Å². The molecular formula is C12H10BrFN2O2. The summed E-state index contributed by atoms with van der Waals surface area (Å²) in [7, 11) is 0. The van der Waals surface area contributed by atoms with Gasteiger partial charge in [-0.25, -0.2) is 9.07 Å². The first-order chi connectivity index (χ1) is 8.50. The average Bonchev–Trinajstić information content (AvgIpc) is 2.36. The summed E-state index contributed by atoms with van der Waals surface area (Å²) in [6, 6.07) is 5.48. The van der Waals surface area contributed by atoms with Gasteiger partial charge in [0.25, 0.3) is 5.56 Å². The zero-order chi connectivity index (χ0) is 13.3. The van der Waals surface area contributed by atoms with Gasteiger partial charge in [-0.15, -0.1) is 0 Å². The van der Waals surface area contributed by atoms with Crippen LogP contribution in [0.15, 0.2) is 39.7 Å². The predicted molar refractivity (Wildman–Crippen MR) is 68.1 cm³/mol. The van der Waals surface area contributed by atoms with Crippen LogP contribution >= 0.6 is 15.9 Å². The SMILES string of the molecule is CC(c1ccc(F)cc1)n1ncc(O)c(Br)c1=O. The van der Waals surface area contributed by atoms with Gasteiger partial charge in [-0.3, -0.25) is 4.79 Å². The molecule has 0 aliphatic heterocycles. The number of halogens is 2. The monoisotopic (exact) mass is 312 g/mol. The highest BCUT2D eigenvalue weighted by molar-refractivity contribution is 9.10. The Morgan fingerprint density at radius 3 is 2.61 bits per heavy atom. The van der Waals surface area contributed by atoms with Gasteiger partial charge in [0.2, 0.25) is 0 Å². The van der Waals surface area contributed by atoms with E-state index in [0.717, 1.165) is 5.56 Å². The van der Waals surface area contributed by atoms with E-state index in [-0.39, 0.29) is 22.1 Å². The molecule has 1 heterocycles. The topological polar surface area (TPSA) is 55.1 Å². The molecule has 4 nitrogen and oxygen atoms in total. The Labute approximate surface area is 111 Å². The highest BCUT2D eigenvalue weighted by Crippen LogP contribution is 2.20. The Morgan fingerprint density at radius 2 is 2.00 bits per heavy atom. The Balaban J connectivity index is 2.46. The Hall–Kier alpha value is -1.69. The van der Waals surface area contributed by atoms with Crippen LogP contribution in [0.4, 0.5) is 4.39 Å². The van der Waals surface area contributed by atoms with Gasteiger partial charge in [0, 0.05) is 0 Å². The smallest absolute Gasteiger partial charge is 0.285 e. The van der Waals surface area contributed by atoms with Gasteiger partial charge in [0.15, 0.2) is 5.75 Å². The summed E-state index contributed by atoms with van der Waals surface area (Å²) in [5.41, 5.74) is 0.315. The van der Waals surface area contributed by atoms with Crippen molar-refractivity contribution in [3.05, 3.63) is 56.7 Å². The van der Waals surface area contributed by atoms with Gasteiger partial charge < -0.3 is 5.11 Å². The van der Waals surface area contributed by atoms with Gasteiger partial charge in [-0.05, 0) is 40.5 Å². The molecule has 18 heavy (non-hydrogen) atoms. The summed E-state index contributed by atoms with van der Waals surface area (Å²) in [6.07, 6.45) is 1.19. The first-order valence-corrected chi connectivity index (χ1v) is 6.01. The standard InChI is InChI=1S/C12H10BrFN2O2/c1-7(8-2-4-9(14)5-3-8)16-12(18)11(13)10(17)6-15-16/h2-7,17H,1H3. The maximum atomic E-state index is 12.8. The number of aromatic hydroxyl groups is 1. The molecule has 1 N–H and O–H groups in total. The summed E-state index contributed by atoms with van der Waals surface area (Å²) in [6.45, 7) is 1.77. The summed E-state index contributed by atoms with van der Waals surface area (Å²) < 4.78 is 14.1. The molecule has 0 aliphatic rings. The molecule has 0 amide bonds. The summed E-state index contributed by atoms with van der Waals surface area (Å²) in [4.78, 5) is 11.9. The zero-order valence-electron chi connectivity index (χ0n) is 9.47. The summed E-state index contributed by atoms with van der Waals surface area (Å²) in [5.74, 6) is -0.541. The molecule has 1 unspecified atom stereocenters. The lowest BCUT2D eigenvalue weighted by molar-refractivity contribution is 0.447. The van der Waals surface area contributed by atoms with E-state index >= 15 is 0 Å². The molecule has 0 saturated heterocycles. The van der Waals surface area contributed by atoms with Crippen LogP contribution in [-0.2, 0) is 0 Å².